The first-order valence-electron chi connectivity index (χ1n) is 5.11. The molecule has 0 amide bonds. The summed E-state index contributed by atoms with van der Waals surface area (Å²) in [5, 5.41) is 13.3. The highest BCUT2D eigenvalue weighted by Gasteiger charge is 2.32. The second kappa shape index (κ2) is 3.00. The number of aliphatic hydroxyl groups is 1. The van der Waals surface area contributed by atoms with Gasteiger partial charge >= 0.3 is 0 Å². The molecule has 2 nitrogen and oxygen atoms in total. The van der Waals surface area contributed by atoms with E-state index >= 15 is 0 Å². The maximum atomic E-state index is 9.94. The fraction of sp³-hybridized carbons (Fsp3) is 1.00. The number of nitrogens with one attached hydrogen (secondary N) is 1. The Bertz CT molecular complexity index is 159. The molecule has 0 aromatic rings. The molecular formula is C10H19NO. The number of hydrogen-bond acceptors (Lipinski definition) is 2. The summed E-state index contributed by atoms with van der Waals surface area (Å²) in [4.78, 5) is 0. The molecule has 0 aromatic heterocycles. The van der Waals surface area contributed by atoms with Crippen LogP contribution in [0.5, 0.6) is 0 Å². The molecule has 0 bridgehead atoms. The second-order valence-electron chi connectivity index (χ2n) is 4.80. The van der Waals surface area contributed by atoms with Crippen molar-refractivity contribution >= 4 is 0 Å². The van der Waals surface area contributed by atoms with Gasteiger partial charge in [-0.05, 0) is 32.1 Å². The summed E-state index contributed by atoms with van der Waals surface area (Å²) < 4.78 is 0. The van der Waals surface area contributed by atoms with Crippen molar-refractivity contribution in [2.24, 2.45) is 5.92 Å². The number of rotatable bonds is 5. The number of hydrogen-bond donors (Lipinski definition) is 2. The lowest BCUT2D eigenvalue weighted by Gasteiger charge is -2.23. The van der Waals surface area contributed by atoms with E-state index in [1.807, 2.05) is 6.92 Å². The average molecular weight is 169 g/mol. The van der Waals surface area contributed by atoms with Crippen molar-refractivity contribution in [1.82, 2.24) is 5.32 Å². The van der Waals surface area contributed by atoms with Gasteiger partial charge in [0.2, 0.25) is 0 Å². The first-order chi connectivity index (χ1) is 5.66. The van der Waals surface area contributed by atoms with Crippen molar-refractivity contribution in [2.45, 2.75) is 50.7 Å². The van der Waals surface area contributed by atoms with Crippen LogP contribution < -0.4 is 5.32 Å². The molecule has 2 N–H and O–H groups in total. The highest BCUT2D eigenvalue weighted by Crippen LogP contribution is 2.36. The largest absolute Gasteiger partial charge is 0.389 e. The third kappa shape index (κ3) is 2.76. The van der Waals surface area contributed by atoms with E-state index < -0.39 is 5.60 Å². The van der Waals surface area contributed by atoms with Gasteiger partial charge in [-0.25, -0.2) is 0 Å². The van der Waals surface area contributed by atoms with Crippen molar-refractivity contribution in [1.29, 1.82) is 0 Å². The van der Waals surface area contributed by atoms with E-state index in [2.05, 4.69) is 5.32 Å². The van der Waals surface area contributed by atoms with E-state index in [-0.39, 0.29) is 0 Å². The Labute approximate surface area is 74.4 Å². The molecule has 2 saturated carbocycles. The van der Waals surface area contributed by atoms with Crippen LogP contribution in [0.1, 0.15) is 39.0 Å². The topological polar surface area (TPSA) is 32.3 Å². The standard InChI is InChI=1S/C10H19NO/c1-10(12,6-8-2-3-8)7-11-9-4-5-9/h8-9,11-12H,2-7H2,1H3. The van der Waals surface area contributed by atoms with E-state index in [1.54, 1.807) is 0 Å². The van der Waals surface area contributed by atoms with Gasteiger partial charge in [0, 0.05) is 12.6 Å². The molecule has 1 unspecified atom stereocenters. The molecule has 0 aliphatic heterocycles. The van der Waals surface area contributed by atoms with Gasteiger partial charge in [0.15, 0.2) is 0 Å². The maximum Gasteiger partial charge on any atom is 0.0746 e. The molecule has 70 valence electrons. The van der Waals surface area contributed by atoms with Crippen LogP contribution in [0.4, 0.5) is 0 Å². The first-order valence-corrected chi connectivity index (χ1v) is 5.11. The fourth-order valence-electron chi connectivity index (χ4n) is 1.67. The summed E-state index contributed by atoms with van der Waals surface area (Å²) >= 11 is 0. The molecule has 2 heteroatoms. The Morgan fingerprint density at radius 2 is 2.00 bits per heavy atom. The monoisotopic (exact) mass is 169 g/mol. The van der Waals surface area contributed by atoms with Crippen molar-refractivity contribution in [3.63, 3.8) is 0 Å². The molecule has 12 heavy (non-hydrogen) atoms. The van der Waals surface area contributed by atoms with Crippen molar-refractivity contribution in [3.05, 3.63) is 0 Å². The summed E-state index contributed by atoms with van der Waals surface area (Å²) in [6, 6.07) is 0.718. The average Bonchev–Trinajstić information content (AvgIpc) is 2.78. The second-order valence-corrected chi connectivity index (χ2v) is 4.80. The first kappa shape index (κ1) is 8.52. The Balaban J connectivity index is 1.66. The zero-order chi connectivity index (χ0) is 8.60. The zero-order valence-electron chi connectivity index (χ0n) is 7.84. The van der Waals surface area contributed by atoms with Gasteiger partial charge in [-0.3, -0.25) is 0 Å². The predicted molar refractivity (Wildman–Crippen MR) is 49.0 cm³/mol. The van der Waals surface area contributed by atoms with Crippen LogP contribution in [0, 0.1) is 5.92 Å². The van der Waals surface area contributed by atoms with Gasteiger partial charge in [0.25, 0.3) is 0 Å². The van der Waals surface area contributed by atoms with Crippen LogP contribution in [0.2, 0.25) is 0 Å². The van der Waals surface area contributed by atoms with Crippen molar-refractivity contribution < 1.29 is 5.11 Å². The van der Waals surface area contributed by atoms with Gasteiger partial charge in [-0.1, -0.05) is 12.8 Å². The van der Waals surface area contributed by atoms with Gasteiger partial charge in [-0.2, -0.15) is 0 Å². The smallest absolute Gasteiger partial charge is 0.0746 e. The molecule has 0 heterocycles. The zero-order valence-corrected chi connectivity index (χ0v) is 7.84. The SMILES string of the molecule is CC(O)(CNC1CC1)CC1CC1. The Kier molecular flexibility index (Phi) is 2.13. The van der Waals surface area contributed by atoms with Gasteiger partial charge in [0.05, 0.1) is 5.60 Å². The van der Waals surface area contributed by atoms with E-state index in [1.165, 1.54) is 25.7 Å². The Morgan fingerprint density at radius 1 is 1.33 bits per heavy atom. The summed E-state index contributed by atoms with van der Waals surface area (Å²) in [6.07, 6.45) is 6.27. The van der Waals surface area contributed by atoms with Gasteiger partial charge in [-0.15, -0.1) is 0 Å². The third-order valence-electron chi connectivity index (χ3n) is 2.77. The maximum absolute atomic E-state index is 9.94. The van der Waals surface area contributed by atoms with Crippen molar-refractivity contribution in [3.8, 4) is 0 Å². The van der Waals surface area contributed by atoms with Crippen LogP contribution in [0.15, 0.2) is 0 Å². The van der Waals surface area contributed by atoms with E-state index in [0.717, 1.165) is 24.9 Å². The molecular weight excluding hydrogens is 150 g/mol. The molecule has 0 saturated heterocycles. The van der Waals surface area contributed by atoms with Crippen LogP contribution in [0.3, 0.4) is 0 Å². The molecule has 1 atom stereocenters. The summed E-state index contributed by atoms with van der Waals surface area (Å²) in [5.74, 6) is 0.820. The predicted octanol–water partition coefficient (Wildman–Crippen LogP) is 1.29. The molecule has 2 aliphatic carbocycles. The molecule has 2 rings (SSSR count). The molecule has 2 aliphatic rings. The quantitative estimate of drug-likeness (QED) is 0.650. The minimum absolute atomic E-state index is 0.455. The van der Waals surface area contributed by atoms with Crippen LogP contribution in [0.25, 0.3) is 0 Å². The van der Waals surface area contributed by atoms with Crippen molar-refractivity contribution in [2.75, 3.05) is 6.54 Å². The third-order valence-corrected chi connectivity index (χ3v) is 2.77. The Morgan fingerprint density at radius 3 is 2.50 bits per heavy atom. The molecule has 2 fully saturated rings. The van der Waals surface area contributed by atoms with E-state index in [0.29, 0.717) is 0 Å². The fourth-order valence-corrected chi connectivity index (χ4v) is 1.67. The normalized spacial score (nSPS) is 28.5. The molecule has 0 radical (unpaired) electrons. The van der Waals surface area contributed by atoms with E-state index in [4.69, 9.17) is 0 Å². The minimum Gasteiger partial charge on any atom is -0.389 e. The van der Waals surface area contributed by atoms with Crippen LogP contribution in [-0.2, 0) is 0 Å². The van der Waals surface area contributed by atoms with E-state index in [9.17, 15) is 5.11 Å². The highest BCUT2D eigenvalue weighted by molar-refractivity contribution is 4.89. The van der Waals surface area contributed by atoms with Crippen LogP contribution >= 0.6 is 0 Å². The van der Waals surface area contributed by atoms with Gasteiger partial charge < -0.3 is 10.4 Å². The summed E-state index contributed by atoms with van der Waals surface area (Å²) in [6.45, 7) is 2.74. The Hall–Kier alpha value is -0.0800. The minimum atomic E-state index is -0.455. The lowest BCUT2D eigenvalue weighted by Crippen LogP contribution is -2.39. The highest BCUT2D eigenvalue weighted by atomic mass is 16.3. The lowest BCUT2D eigenvalue weighted by atomic mass is 9.99. The lowest BCUT2D eigenvalue weighted by molar-refractivity contribution is 0.0448. The summed E-state index contributed by atoms with van der Waals surface area (Å²) in [7, 11) is 0. The van der Waals surface area contributed by atoms with Crippen LogP contribution in [-0.4, -0.2) is 23.3 Å². The summed E-state index contributed by atoms with van der Waals surface area (Å²) in [5.41, 5.74) is -0.455. The molecule has 0 aromatic carbocycles. The molecule has 0 spiro atoms. The van der Waals surface area contributed by atoms with Gasteiger partial charge in [0.1, 0.15) is 0 Å².